The van der Waals surface area contributed by atoms with Gasteiger partial charge in [0.1, 0.15) is 5.78 Å². The number of hydrogen-bond donors (Lipinski definition) is 3. The molecule has 1 saturated heterocycles. The molecule has 0 radical (unpaired) electrons. The van der Waals surface area contributed by atoms with E-state index in [1.807, 2.05) is 12.1 Å². The van der Waals surface area contributed by atoms with Crippen molar-refractivity contribution in [1.29, 1.82) is 0 Å². The minimum Gasteiger partial charge on any atom is -0.396 e. The largest absolute Gasteiger partial charge is 0.396 e. The molecule has 13 nitrogen and oxygen atoms in total. The first kappa shape index (κ1) is 37.9. The molecule has 1 heterocycles. The Morgan fingerprint density at radius 2 is 1.69 bits per heavy atom. The zero-order chi connectivity index (χ0) is 33.0. The van der Waals surface area contributed by atoms with Crippen LogP contribution >= 0.6 is 11.8 Å². The van der Waals surface area contributed by atoms with Gasteiger partial charge in [0.25, 0.3) is 0 Å². The SMILES string of the molecule is CC(=O)CCSC1CC(=O)N(CCC(=O)NCCOCCOCCC(=O)Nc2ccc(CCC(=O)N(C)CCCO)cc2)C1=O. The van der Waals surface area contributed by atoms with E-state index in [9.17, 15) is 28.8 Å². The fraction of sp³-hybridized carbons (Fsp3) is 0.613. The van der Waals surface area contributed by atoms with Crippen LogP contribution in [0.1, 0.15) is 51.0 Å². The van der Waals surface area contributed by atoms with Crippen LogP contribution in [0.25, 0.3) is 0 Å². The van der Waals surface area contributed by atoms with Crippen LogP contribution < -0.4 is 10.6 Å². The number of aliphatic hydroxyl groups excluding tert-OH is 1. The third-order valence-corrected chi connectivity index (χ3v) is 8.11. The number of aliphatic hydroxyl groups is 1. The van der Waals surface area contributed by atoms with Gasteiger partial charge in [-0.05, 0) is 37.5 Å². The number of hydrogen-bond acceptors (Lipinski definition) is 10. The van der Waals surface area contributed by atoms with E-state index >= 15 is 0 Å². The molecule has 250 valence electrons. The summed E-state index contributed by atoms with van der Waals surface area (Å²) in [5.74, 6) is -0.546. The lowest BCUT2D eigenvalue weighted by Gasteiger charge is -2.16. The molecule has 1 aromatic rings. The monoisotopic (exact) mass is 650 g/mol. The molecule has 0 saturated carbocycles. The maximum absolute atomic E-state index is 12.4. The fourth-order valence-electron chi connectivity index (χ4n) is 4.27. The van der Waals surface area contributed by atoms with Gasteiger partial charge in [-0.2, -0.15) is 0 Å². The van der Waals surface area contributed by atoms with Crippen molar-refractivity contribution in [2.75, 3.05) is 70.8 Å². The molecule has 0 bridgehead atoms. The average Bonchev–Trinajstić information content (AvgIpc) is 3.28. The van der Waals surface area contributed by atoms with Crippen LogP contribution in [0.4, 0.5) is 5.69 Å². The van der Waals surface area contributed by atoms with Crippen molar-refractivity contribution in [3.05, 3.63) is 29.8 Å². The Bertz CT molecular complexity index is 1130. The van der Waals surface area contributed by atoms with Crippen LogP contribution in [-0.2, 0) is 44.7 Å². The molecule has 1 aromatic carbocycles. The van der Waals surface area contributed by atoms with E-state index in [0.29, 0.717) is 43.7 Å². The predicted molar refractivity (Wildman–Crippen MR) is 169 cm³/mol. The Morgan fingerprint density at radius 3 is 2.38 bits per heavy atom. The number of carbonyl (C=O) groups is 6. The fourth-order valence-corrected chi connectivity index (χ4v) is 5.49. The lowest BCUT2D eigenvalue weighted by atomic mass is 10.1. The Hall–Kier alpha value is -3.33. The van der Waals surface area contributed by atoms with E-state index in [1.54, 1.807) is 24.1 Å². The van der Waals surface area contributed by atoms with Crippen LogP contribution in [0, 0.1) is 0 Å². The molecule has 14 heteroatoms. The maximum Gasteiger partial charge on any atom is 0.242 e. The van der Waals surface area contributed by atoms with Gasteiger partial charge in [-0.1, -0.05) is 12.1 Å². The molecule has 2 rings (SSSR count). The number of carbonyl (C=O) groups excluding carboxylic acids is 6. The lowest BCUT2D eigenvalue weighted by molar-refractivity contribution is -0.138. The number of nitrogens with zero attached hydrogens (tertiary/aromatic N) is 2. The number of ketones is 1. The Kier molecular flexibility index (Phi) is 18.0. The number of ether oxygens (including phenoxy) is 2. The molecule has 1 fully saturated rings. The highest BCUT2D eigenvalue weighted by Gasteiger charge is 2.38. The summed E-state index contributed by atoms with van der Waals surface area (Å²) in [6.07, 6.45) is 2.15. The predicted octanol–water partition coefficient (Wildman–Crippen LogP) is 1.17. The van der Waals surface area contributed by atoms with Gasteiger partial charge in [0, 0.05) is 70.4 Å². The Balaban J connectivity index is 1.47. The summed E-state index contributed by atoms with van der Waals surface area (Å²) in [6.45, 7) is 3.41. The number of imide groups is 1. The molecule has 0 spiro atoms. The normalized spacial score (nSPS) is 14.5. The summed E-state index contributed by atoms with van der Waals surface area (Å²) in [5, 5.41) is 13.9. The van der Waals surface area contributed by atoms with Crippen LogP contribution in [-0.4, -0.2) is 121 Å². The van der Waals surface area contributed by atoms with Gasteiger partial charge in [-0.15, -0.1) is 11.8 Å². The summed E-state index contributed by atoms with van der Waals surface area (Å²) in [7, 11) is 1.72. The quantitative estimate of drug-likeness (QED) is 0.115. The van der Waals surface area contributed by atoms with Crippen molar-refractivity contribution in [3.63, 3.8) is 0 Å². The number of benzene rings is 1. The Morgan fingerprint density at radius 1 is 0.978 bits per heavy atom. The summed E-state index contributed by atoms with van der Waals surface area (Å²) >= 11 is 1.30. The molecule has 1 unspecified atom stereocenters. The van der Waals surface area contributed by atoms with Crippen molar-refractivity contribution in [3.8, 4) is 0 Å². The van der Waals surface area contributed by atoms with E-state index in [-0.39, 0.29) is 101 Å². The molecule has 0 aliphatic carbocycles. The second-order valence-corrected chi connectivity index (χ2v) is 11.9. The van der Waals surface area contributed by atoms with Gasteiger partial charge in [0.2, 0.25) is 29.5 Å². The molecular formula is C31H46N4O9S. The standard InChI is InChI=1S/C31H46N4O9S/c1-23(37)12-21-45-26-22-30(41)35(31(26)42)15-10-27(38)32-13-18-44-20-19-43-17-11-28(39)33-25-7-4-24(5-8-25)6-9-29(40)34(2)14-3-16-36/h4-5,7-8,26,36H,3,6,9-22H2,1-2H3,(H,32,38)(H,33,39). The van der Waals surface area contributed by atoms with Crippen molar-refractivity contribution >= 4 is 52.8 Å². The molecule has 0 aromatic heterocycles. The van der Waals surface area contributed by atoms with Gasteiger partial charge in [0.15, 0.2) is 0 Å². The minimum absolute atomic E-state index is 0.00317. The Labute approximate surface area is 268 Å². The average molecular weight is 651 g/mol. The van der Waals surface area contributed by atoms with Crippen molar-refractivity contribution < 1.29 is 43.3 Å². The van der Waals surface area contributed by atoms with E-state index in [2.05, 4.69) is 10.6 Å². The van der Waals surface area contributed by atoms with Crippen LogP contribution in [0.2, 0.25) is 0 Å². The van der Waals surface area contributed by atoms with E-state index < -0.39 is 5.25 Å². The van der Waals surface area contributed by atoms with Gasteiger partial charge < -0.3 is 30.1 Å². The minimum atomic E-state index is -0.491. The smallest absolute Gasteiger partial charge is 0.242 e. The van der Waals surface area contributed by atoms with E-state index in [4.69, 9.17) is 14.6 Å². The molecular weight excluding hydrogens is 604 g/mol. The summed E-state index contributed by atoms with van der Waals surface area (Å²) < 4.78 is 10.9. The first-order valence-electron chi connectivity index (χ1n) is 15.2. The zero-order valence-electron chi connectivity index (χ0n) is 26.2. The van der Waals surface area contributed by atoms with Gasteiger partial charge in [-0.3, -0.25) is 33.7 Å². The van der Waals surface area contributed by atoms with E-state index in [0.717, 1.165) is 10.5 Å². The number of thioether (sulfide) groups is 1. The second-order valence-electron chi connectivity index (χ2n) is 10.6. The first-order valence-corrected chi connectivity index (χ1v) is 16.3. The van der Waals surface area contributed by atoms with Crippen molar-refractivity contribution in [2.45, 2.75) is 57.1 Å². The van der Waals surface area contributed by atoms with Crippen molar-refractivity contribution in [1.82, 2.24) is 15.1 Å². The number of anilines is 1. The van der Waals surface area contributed by atoms with Crippen LogP contribution in [0.3, 0.4) is 0 Å². The van der Waals surface area contributed by atoms with E-state index in [1.165, 1.54) is 18.7 Å². The summed E-state index contributed by atoms with van der Waals surface area (Å²) in [6, 6.07) is 7.33. The first-order chi connectivity index (χ1) is 21.6. The molecule has 1 atom stereocenters. The number of likely N-dealkylation sites (tertiary alicyclic amines) is 1. The number of rotatable bonds is 23. The van der Waals surface area contributed by atoms with Crippen molar-refractivity contribution in [2.24, 2.45) is 0 Å². The lowest BCUT2D eigenvalue weighted by Crippen LogP contribution is -2.36. The molecule has 1 aliphatic heterocycles. The van der Waals surface area contributed by atoms with Crippen LogP contribution in [0.5, 0.6) is 0 Å². The molecule has 1 aliphatic rings. The number of Topliss-reactive ketones (excluding diaryl/α,β-unsaturated/α-hetero) is 1. The van der Waals surface area contributed by atoms with Gasteiger partial charge in [-0.25, -0.2) is 0 Å². The highest BCUT2D eigenvalue weighted by Crippen LogP contribution is 2.25. The summed E-state index contributed by atoms with van der Waals surface area (Å²) in [4.78, 5) is 74.7. The number of aryl methyl sites for hydroxylation is 1. The molecule has 45 heavy (non-hydrogen) atoms. The third-order valence-electron chi connectivity index (χ3n) is 6.89. The molecule has 3 N–H and O–H groups in total. The third kappa shape index (κ3) is 15.5. The second kappa shape index (κ2) is 21.4. The molecule has 5 amide bonds. The maximum atomic E-state index is 12.4. The zero-order valence-corrected chi connectivity index (χ0v) is 27.0. The van der Waals surface area contributed by atoms with Crippen LogP contribution in [0.15, 0.2) is 24.3 Å². The number of amides is 5. The topological polar surface area (TPSA) is 172 Å². The number of nitrogens with one attached hydrogen (secondary N) is 2. The highest BCUT2D eigenvalue weighted by molar-refractivity contribution is 8.00. The van der Waals surface area contributed by atoms with Gasteiger partial charge >= 0.3 is 0 Å². The van der Waals surface area contributed by atoms with Gasteiger partial charge in [0.05, 0.1) is 38.1 Å². The highest BCUT2D eigenvalue weighted by atomic mass is 32.2. The summed E-state index contributed by atoms with van der Waals surface area (Å²) in [5.41, 5.74) is 1.64.